The summed E-state index contributed by atoms with van der Waals surface area (Å²) in [5, 5.41) is 9.26. The number of rotatable bonds is 1. The third-order valence-electron chi connectivity index (χ3n) is 1.57. The van der Waals surface area contributed by atoms with E-state index in [2.05, 4.69) is 15.9 Å². The fourth-order valence-electron chi connectivity index (χ4n) is 0.990. The summed E-state index contributed by atoms with van der Waals surface area (Å²) in [4.78, 5) is 0. The molecule has 0 amide bonds. The van der Waals surface area contributed by atoms with Crippen LogP contribution in [0, 0.1) is 5.82 Å². The summed E-state index contributed by atoms with van der Waals surface area (Å²) in [5.41, 5.74) is 5.93. The highest BCUT2D eigenvalue weighted by atomic mass is 79.9. The molecule has 0 heterocycles. The highest BCUT2D eigenvalue weighted by molar-refractivity contribution is 9.10. The molecule has 1 atom stereocenters. The van der Waals surface area contributed by atoms with Crippen LogP contribution in [0.3, 0.4) is 0 Å². The molecule has 1 aromatic carbocycles. The van der Waals surface area contributed by atoms with Crippen LogP contribution in [-0.4, -0.2) is 5.11 Å². The maximum Gasteiger partial charge on any atom is 0.165 e. The van der Waals surface area contributed by atoms with Gasteiger partial charge in [-0.25, -0.2) is 4.39 Å². The Balaban J connectivity index is 3.33. The number of benzene rings is 1. The van der Waals surface area contributed by atoms with E-state index < -0.39 is 11.9 Å². The first-order valence-electron chi connectivity index (χ1n) is 3.46. The first-order valence-corrected chi connectivity index (χ1v) is 4.25. The van der Waals surface area contributed by atoms with Crippen molar-refractivity contribution < 1.29 is 9.50 Å². The van der Waals surface area contributed by atoms with Crippen LogP contribution in [0.4, 0.5) is 4.39 Å². The van der Waals surface area contributed by atoms with E-state index >= 15 is 0 Å². The molecule has 2 nitrogen and oxygen atoms in total. The topological polar surface area (TPSA) is 46.2 Å². The molecule has 0 fully saturated rings. The Morgan fingerprint density at radius 1 is 1.58 bits per heavy atom. The van der Waals surface area contributed by atoms with Gasteiger partial charge >= 0.3 is 0 Å². The Labute approximate surface area is 78.3 Å². The van der Waals surface area contributed by atoms with Gasteiger partial charge in [0.15, 0.2) is 11.6 Å². The van der Waals surface area contributed by atoms with Gasteiger partial charge in [-0.05, 0) is 19.1 Å². The molecule has 4 heteroatoms. The Hall–Kier alpha value is -0.610. The Morgan fingerprint density at radius 2 is 2.17 bits per heavy atom. The molecular weight excluding hydrogens is 225 g/mol. The number of halogens is 2. The number of nitrogens with two attached hydrogens (primary N) is 1. The zero-order valence-electron chi connectivity index (χ0n) is 6.51. The van der Waals surface area contributed by atoms with E-state index in [0.29, 0.717) is 10.0 Å². The lowest BCUT2D eigenvalue weighted by Gasteiger charge is -2.10. The molecule has 0 aromatic heterocycles. The van der Waals surface area contributed by atoms with Crippen molar-refractivity contribution >= 4 is 15.9 Å². The standard InChI is InChI=1S/C8H9BrFNO/c1-4(11)7-5(9)2-3-6(10)8(7)12/h2-4,12H,11H2,1H3. The molecule has 0 radical (unpaired) electrons. The van der Waals surface area contributed by atoms with Gasteiger partial charge in [0.25, 0.3) is 0 Å². The van der Waals surface area contributed by atoms with Crippen molar-refractivity contribution in [2.45, 2.75) is 13.0 Å². The highest BCUT2D eigenvalue weighted by Gasteiger charge is 2.13. The van der Waals surface area contributed by atoms with Crippen molar-refractivity contribution in [2.75, 3.05) is 0 Å². The predicted molar refractivity (Wildman–Crippen MR) is 48.4 cm³/mol. The molecule has 0 bridgehead atoms. The largest absolute Gasteiger partial charge is 0.505 e. The van der Waals surface area contributed by atoms with E-state index in [9.17, 15) is 9.50 Å². The molecule has 1 rings (SSSR count). The van der Waals surface area contributed by atoms with Gasteiger partial charge in [-0.1, -0.05) is 15.9 Å². The van der Waals surface area contributed by atoms with E-state index in [0.717, 1.165) is 0 Å². The highest BCUT2D eigenvalue weighted by Crippen LogP contribution is 2.32. The summed E-state index contributed by atoms with van der Waals surface area (Å²) in [5.74, 6) is -1.02. The van der Waals surface area contributed by atoms with E-state index in [1.165, 1.54) is 12.1 Å². The van der Waals surface area contributed by atoms with Crippen molar-refractivity contribution in [3.05, 3.63) is 28.0 Å². The number of hydrogen-bond acceptors (Lipinski definition) is 2. The van der Waals surface area contributed by atoms with Crippen LogP contribution in [-0.2, 0) is 0 Å². The second-order valence-corrected chi connectivity index (χ2v) is 3.43. The van der Waals surface area contributed by atoms with Gasteiger partial charge < -0.3 is 10.8 Å². The fraction of sp³-hybridized carbons (Fsp3) is 0.250. The first-order chi connectivity index (χ1) is 5.54. The molecule has 12 heavy (non-hydrogen) atoms. The molecule has 0 saturated heterocycles. The van der Waals surface area contributed by atoms with Crippen LogP contribution in [0.25, 0.3) is 0 Å². The number of phenols is 1. The quantitative estimate of drug-likeness (QED) is 0.783. The van der Waals surface area contributed by atoms with Crippen LogP contribution < -0.4 is 5.73 Å². The van der Waals surface area contributed by atoms with E-state index in [1.807, 2.05) is 0 Å². The summed E-state index contributed by atoms with van der Waals surface area (Å²) in [7, 11) is 0. The first kappa shape index (κ1) is 9.48. The Morgan fingerprint density at radius 3 is 2.58 bits per heavy atom. The molecule has 0 aliphatic heterocycles. The fourth-order valence-corrected chi connectivity index (χ4v) is 1.67. The normalized spacial score (nSPS) is 13.0. The molecule has 66 valence electrons. The van der Waals surface area contributed by atoms with Crippen LogP contribution >= 0.6 is 15.9 Å². The third kappa shape index (κ3) is 1.59. The molecule has 1 aromatic rings. The average molecular weight is 234 g/mol. The number of phenolic OH excluding ortho intramolecular Hbond substituents is 1. The lowest BCUT2D eigenvalue weighted by Crippen LogP contribution is -2.06. The van der Waals surface area contributed by atoms with E-state index in [1.54, 1.807) is 6.92 Å². The van der Waals surface area contributed by atoms with Crippen molar-refractivity contribution in [3.63, 3.8) is 0 Å². The van der Waals surface area contributed by atoms with Gasteiger partial charge in [0.2, 0.25) is 0 Å². The summed E-state index contributed by atoms with van der Waals surface area (Å²) < 4.78 is 13.4. The van der Waals surface area contributed by atoms with Gasteiger partial charge in [-0.15, -0.1) is 0 Å². The summed E-state index contributed by atoms with van der Waals surface area (Å²) in [6, 6.07) is 2.31. The Kier molecular flexibility index (Phi) is 2.69. The van der Waals surface area contributed by atoms with Crippen molar-refractivity contribution in [2.24, 2.45) is 5.73 Å². The predicted octanol–water partition coefficient (Wildman–Crippen LogP) is 2.31. The minimum atomic E-state index is -0.648. The molecule has 3 N–H and O–H groups in total. The summed E-state index contributed by atoms with van der Waals surface area (Å²) >= 11 is 3.18. The third-order valence-corrected chi connectivity index (χ3v) is 2.26. The summed E-state index contributed by atoms with van der Waals surface area (Å²) in [6.45, 7) is 1.68. The summed E-state index contributed by atoms with van der Waals surface area (Å²) in [6.07, 6.45) is 0. The smallest absolute Gasteiger partial charge is 0.165 e. The minimum Gasteiger partial charge on any atom is -0.505 e. The lowest BCUT2D eigenvalue weighted by atomic mass is 10.1. The van der Waals surface area contributed by atoms with Crippen LogP contribution in [0.15, 0.2) is 16.6 Å². The van der Waals surface area contributed by atoms with E-state index in [-0.39, 0.29) is 5.75 Å². The van der Waals surface area contributed by atoms with Crippen LogP contribution in [0.1, 0.15) is 18.5 Å². The van der Waals surface area contributed by atoms with Gasteiger partial charge in [-0.2, -0.15) is 0 Å². The van der Waals surface area contributed by atoms with Crippen molar-refractivity contribution in [1.82, 2.24) is 0 Å². The zero-order valence-corrected chi connectivity index (χ0v) is 8.10. The number of aromatic hydroxyl groups is 1. The second kappa shape index (κ2) is 3.41. The van der Waals surface area contributed by atoms with Gasteiger partial charge in [0, 0.05) is 16.1 Å². The van der Waals surface area contributed by atoms with Gasteiger partial charge in [0.05, 0.1) is 0 Å². The molecule has 0 saturated carbocycles. The SMILES string of the molecule is CC(N)c1c(Br)ccc(F)c1O. The maximum atomic E-state index is 12.8. The maximum absolute atomic E-state index is 12.8. The van der Waals surface area contributed by atoms with Gasteiger partial charge in [0.1, 0.15) is 0 Å². The van der Waals surface area contributed by atoms with Crippen molar-refractivity contribution in [3.8, 4) is 5.75 Å². The minimum absolute atomic E-state index is 0.376. The van der Waals surface area contributed by atoms with Gasteiger partial charge in [-0.3, -0.25) is 0 Å². The average Bonchev–Trinajstić information content (AvgIpc) is 1.97. The van der Waals surface area contributed by atoms with Crippen LogP contribution in [0.5, 0.6) is 5.75 Å². The lowest BCUT2D eigenvalue weighted by molar-refractivity contribution is 0.421. The van der Waals surface area contributed by atoms with E-state index in [4.69, 9.17) is 5.73 Å². The molecule has 0 aliphatic rings. The van der Waals surface area contributed by atoms with Crippen molar-refractivity contribution in [1.29, 1.82) is 0 Å². The zero-order chi connectivity index (χ0) is 9.30. The van der Waals surface area contributed by atoms with Crippen LogP contribution in [0.2, 0.25) is 0 Å². The Bertz CT molecular complexity index is 301. The number of hydrogen-bond donors (Lipinski definition) is 2. The molecule has 1 unspecified atom stereocenters. The molecule has 0 aliphatic carbocycles. The molecular formula is C8H9BrFNO. The second-order valence-electron chi connectivity index (χ2n) is 2.58. The molecule has 0 spiro atoms. The monoisotopic (exact) mass is 233 g/mol.